The van der Waals surface area contributed by atoms with Crippen molar-refractivity contribution in [2.45, 2.75) is 51.2 Å². The van der Waals surface area contributed by atoms with E-state index in [4.69, 9.17) is 4.74 Å². The van der Waals surface area contributed by atoms with Crippen molar-refractivity contribution in [3.8, 4) is 11.1 Å². The van der Waals surface area contributed by atoms with E-state index >= 15 is 0 Å². The molecule has 1 aromatic carbocycles. The van der Waals surface area contributed by atoms with Crippen LogP contribution in [0.15, 0.2) is 41.3 Å². The largest absolute Gasteiger partial charge is 0.465 e. The van der Waals surface area contributed by atoms with Crippen molar-refractivity contribution in [1.82, 2.24) is 9.47 Å². The fourth-order valence-corrected chi connectivity index (χ4v) is 5.51. The normalized spacial score (nSPS) is 21.6. The van der Waals surface area contributed by atoms with Crippen LogP contribution in [-0.4, -0.2) is 57.0 Å². The number of halogens is 1. The van der Waals surface area contributed by atoms with Crippen LogP contribution in [-0.2, 0) is 11.3 Å². The zero-order chi connectivity index (χ0) is 24.5. The summed E-state index contributed by atoms with van der Waals surface area (Å²) in [6, 6.07) is 7.06. The predicted molar refractivity (Wildman–Crippen MR) is 122 cm³/mol. The van der Waals surface area contributed by atoms with E-state index in [2.05, 4.69) is 0 Å². The molecule has 1 aliphatic heterocycles. The molecule has 1 amide bonds. The lowest BCUT2D eigenvalue weighted by Gasteiger charge is -2.51. The lowest BCUT2D eigenvalue weighted by atomic mass is 9.66. The highest BCUT2D eigenvalue weighted by molar-refractivity contribution is 5.97. The van der Waals surface area contributed by atoms with E-state index in [0.29, 0.717) is 12.8 Å². The molecule has 1 unspecified atom stereocenters. The van der Waals surface area contributed by atoms with Gasteiger partial charge in [-0.3, -0.25) is 4.79 Å². The van der Waals surface area contributed by atoms with Crippen molar-refractivity contribution in [2.24, 2.45) is 5.41 Å². The Hall–Kier alpha value is -3.20. The van der Waals surface area contributed by atoms with Gasteiger partial charge in [0.2, 0.25) is 0 Å². The molecular weight excluding hydrogens is 443 g/mol. The number of pyridine rings is 1. The molecule has 9 heteroatoms. The molecule has 2 fully saturated rings. The summed E-state index contributed by atoms with van der Waals surface area (Å²) in [6.45, 7) is 2.02. The fourth-order valence-electron chi connectivity index (χ4n) is 5.51. The summed E-state index contributed by atoms with van der Waals surface area (Å²) in [4.78, 5) is 38.8. The van der Waals surface area contributed by atoms with Crippen LogP contribution < -0.4 is 5.56 Å². The minimum Gasteiger partial charge on any atom is -0.465 e. The molecule has 2 N–H and O–H groups in total. The number of aromatic nitrogens is 1. The second-order valence-corrected chi connectivity index (χ2v) is 9.24. The second-order valence-electron chi connectivity index (χ2n) is 9.24. The van der Waals surface area contributed by atoms with Crippen molar-refractivity contribution in [2.75, 3.05) is 19.7 Å². The van der Waals surface area contributed by atoms with Crippen LogP contribution in [0.2, 0.25) is 0 Å². The molecule has 2 heterocycles. The van der Waals surface area contributed by atoms with Gasteiger partial charge in [-0.1, -0.05) is 31.0 Å². The quantitative estimate of drug-likeness (QED) is 0.645. The molecule has 1 saturated heterocycles. The predicted octanol–water partition coefficient (Wildman–Crippen LogP) is 3.51. The lowest BCUT2D eigenvalue weighted by molar-refractivity contribution is -0.137. The third-order valence-electron chi connectivity index (χ3n) is 7.32. The molecule has 8 nitrogen and oxygen atoms in total. The molecular formula is C25H29FN2O6. The summed E-state index contributed by atoms with van der Waals surface area (Å²) in [5, 5.41) is 21.3. The summed E-state index contributed by atoms with van der Waals surface area (Å²) in [5.74, 6) is -1.27. The maximum Gasteiger partial charge on any atom is 0.407 e. The van der Waals surface area contributed by atoms with Gasteiger partial charge in [0.25, 0.3) is 5.56 Å². The first-order valence-electron chi connectivity index (χ1n) is 11.6. The Kier molecular flexibility index (Phi) is 6.49. The van der Waals surface area contributed by atoms with E-state index in [1.807, 2.05) is 0 Å². The number of esters is 1. The van der Waals surface area contributed by atoms with Crippen LogP contribution in [0.5, 0.6) is 0 Å². The summed E-state index contributed by atoms with van der Waals surface area (Å²) < 4.78 is 21.0. The number of hydrogen-bond donors (Lipinski definition) is 2. The number of hydrogen-bond acceptors (Lipinski definition) is 5. The standard InChI is InChI=1S/C25H29FN2O6/c1-2-34-22(30)19-14-28(21(29)13-18(19)17-7-3-4-8-20(17)26)16-25(33)11-12-27(23(31)32)15-24(25)9-5-6-10-24/h3-4,7-8,13-14,33H,2,5-6,9-12,15-16H2,1H3,(H,31,32). The Morgan fingerprint density at radius 2 is 1.85 bits per heavy atom. The highest BCUT2D eigenvalue weighted by Gasteiger charge is 2.55. The number of likely N-dealkylation sites (tertiary alicyclic amines) is 1. The van der Waals surface area contributed by atoms with E-state index in [1.165, 1.54) is 39.9 Å². The number of ether oxygens (including phenoxy) is 1. The van der Waals surface area contributed by atoms with Crippen LogP contribution in [0.3, 0.4) is 0 Å². The maximum absolute atomic E-state index is 14.5. The molecule has 1 aliphatic carbocycles. The van der Waals surface area contributed by atoms with Crippen molar-refractivity contribution in [3.05, 3.63) is 58.3 Å². The SMILES string of the molecule is CCOC(=O)c1cn(CC2(O)CCN(C(=O)O)CC23CCCC3)c(=O)cc1-c1ccccc1F. The highest BCUT2D eigenvalue weighted by Crippen LogP contribution is 2.51. The number of rotatable bonds is 5. The first-order chi connectivity index (χ1) is 16.2. The maximum atomic E-state index is 14.5. The molecule has 182 valence electrons. The van der Waals surface area contributed by atoms with Crippen LogP contribution in [0.25, 0.3) is 11.1 Å². The molecule has 34 heavy (non-hydrogen) atoms. The van der Waals surface area contributed by atoms with Gasteiger partial charge in [0.15, 0.2) is 0 Å². The Labute approximate surface area is 196 Å². The molecule has 1 aromatic heterocycles. The van der Waals surface area contributed by atoms with Gasteiger partial charge in [0.05, 0.1) is 24.3 Å². The Morgan fingerprint density at radius 1 is 1.15 bits per heavy atom. The number of carboxylic acid groups (broad SMARTS) is 1. The number of nitrogens with zero attached hydrogens (tertiary/aromatic N) is 2. The monoisotopic (exact) mass is 472 g/mol. The van der Waals surface area contributed by atoms with Gasteiger partial charge in [-0.15, -0.1) is 0 Å². The van der Waals surface area contributed by atoms with Crippen LogP contribution in [0, 0.1) is 11.2 Å². The number of aliphatic hydroxyl groups is 1. The number of benzene rings is 1. The third kappa shape index (κ3) is 4.20. The van der Waals surface area contributed by atoms with Crippen molar-refractivity contribution >= 4 is 12.1 Å². The minimum absolute atomic E-state index is 0.0265. The van der Waals surface area contributed by atoms with Gasteiger partial charge < -0.3 is 24.4 Å². The Bertz CT molecular complexity index is 1160. The lowest BCUT2D eigenvalue weighted by Crippen LogP contribution is -2.62. The van der Waals surface area contributed by atoms with Gasteiger partial charge in [-0.2, -0.15) is 0 Å². The van der Waals surface area contributed by atoms with Gasteiger partial charge >= 0.3 is 12.1 Å². The zero-order valence-corrected chi connectivity index (χ0v) is 19.1. The van der Waals surface area contributed by atoms with Crippen LogP contribution in [0.4, 0.5) is 9.18 Å². The van der Waals surface area contributed by atoms with Crippen LogP contribution >= 0.6 is 0 Å². The van der Waals surface area contributed by atoms with Crippen molar-refractivity contribution < 1.29 is 28.9 Å². The number of carbonyl (C=O) groups is 2. The molecule has 4 rings (SSSR count). The van der Waals surface area contributed by atoms with Gasteiger partial charge in [0, 0.05) is 41.9 Å². The second kappa shape index (κ2) is 9.21. The zero-order valence-electron chi connectivity index (χ0n) is 19.1. The van der Waals surface area contributed by atoms with E-state index in [1.54, 1.807) is 13.0 Å². The summed E-state index contributed by atoms with van der Waals surface area (Å²) in [7, 11) is 0. The molecule has 1 spiro atoms. The third-order valence-corrected chi connectivity index (χ3v) is 7.32. The Morgan fingerprint density at radius 3 is 2.50 bits per heavy atom. The fraction of sp³-hybridized carbons (Fsp3) is 0.480. The average molecular weight is 473 g/mol. The summed E-state index contributed by atoms with van der Waals surface area (Å²) >= 11 is 0. The summed E-state index contributed by atoms with van der Waals surface area (Å²) in [6.07, 6.45) is 3.52. The summed E-state index contributed by atoms with van der Waals surface area (Å²) in [5.41, 5.74) is -2.23. The molecule has 0 bridgehead atoms. The first kappa shape index (κ1) is 23.9. The highest BCUT2D eigenvalue weighted by atomic mass is 19.1. The number of piperidine rings is 1. The smallest absolute Gasteiger partial charge is 0.407 e. The Balaban J connectivity index is 1.77. The molecule has 2 aliphatic rings. The van der Waals surface area contributed by atoms with Crippen LogP contribution in [0.1, 0.15) is 49.4 Å². The van der Waals surface area contributed by atoms with E-state index in [-0.39, 0.29) is 49.4 Å². The van der Waals surface area contributed by atoms with Gasteiger partial charge in [-0.05, 0) is 32.3 Å². The molecule has 2 aromatic rings. The molecule has 1 saturated carbocycles. The van der Waals surface area contributed by atoms with Crippen molar-refractivity contribution in [1.29, 1.82) is 0 Å². The minimum atomic E-state index is -1.33. The first-order valence-corrected chi connectivity index (χ1v) is 11.6. The average Bonchev–Trinajstić information content (AvgIpc) is 3.27. The molecule has 1 atom stereocenters. The van der Waals surface area contributed by atoms with E-state index in [9.17, 15) is 29.0 Å². The molecule has 0 radical (unpaired) electrons. The van der Waals surface area contributed by atoms with E-state index in [0.717, 1.165) is 12.8 Å². The topological polar surface area (TPSA) is 109 Å². The van der Waals surface area contributed by atoms with Gasteiger partial charge in [0.1, 0.15) is 5.82 Å². The van der Waals surface area contributed by atoms with E-state index < -0.39 is 34.5 Å². The number of carbonyl (C=O) groups excluding carboxylic acids is 1. The van der Waals surface area contributed by atoms with Gasteiger partial charge in [-0.25, -0.2) is 14.0 Å². The van der Waals surface area contributed by atoms with Crippen molar-refractivity contribution in [3.63, 3.8) is 0 Å². The number of amides is 1.